The molecule has 0 spiro atoms. The molecule has 0 radical (unpaired) electrons. The Labute approximate surface area is 209 Å². The molecule has 1 fully saturated rings. The molecule has 2 aliphatic rings. The second-order valence-electron chi connectivity index (χ2n) is 9.23. The summed E-state index contributed by atoms with van der Waals surface area (Å²) in [6, 6.07) is 19.6. The number of urea groups is 1. The quantitative estimate of drug-likeness (QED) is 0.499. The summed E-state index contributed by atoms with van der Waals surface area (Å²) in [7, 11) is 0. The minimum atomic E-state index is -1.19. The van der Waals surface area contributed by atoms with Crippen molar-refractivity contribution in [2.45, 2.75) is 44.7 Å². The maximum Gasteiger partial charge on any atom is 0.325 e. The molecular formula is C28H28N4O4. The van der Waals surface area contributed by atoms with E-state index in [9.17, 15) is 14.4 Å². The molecule has 1 N–H and O–H groups in total. The van der Waals surface area contributed by atoms with E-state index >= 15 is 0 Å². The zero-order valence-electron chi connectivity index (χ0n) is 20.3. The van der Waals surface area contributed by atoms with Crippen LogP contribution in [0, 0.1) is 6.92 Å². The number of amides is 4. The zero-order chi connectivity index (χ0) is 25.3. The molecule has 2 aromatic carbocycles. The van der Waals surface area contributed by atoms with Crippen molar-refractivity contribution in [1.29, 1.82) is 0 Å². The Kier molecular flexibility index (Phi) is 6.18. The fourth-order valence-electron chi connectivity index (χ4n) is 4.95. The average molecular weight is 485 g/mol. The third-order valence-corrected chi connectivity index (χ3v) is 6.78. The summed E-state index contributed by atoms with van der Waals surface area (Å²) in [5.74, 6) is -0.288. The fourth-order valence-corrected chi connectivity index (χ4v) is 4.95. The van der Waals surface area contributed by atoms with Gasteiger partial charge >= 0.3 is 6.03 Å². The first kappa shape index (κ1) is 23.5. The highest BCUT2D eigenvalue weighted by Crippen LogP contribution is 2.36. The van der Waals surface area contributed by atoms with Crippen molar-refractivity contribution in [1.82, 2.24) is 15.2 Å². The number of imide groups is 1. The molecule has 8 heteroatoms. The van der Waals surface area contributed by atoms with Gasteiger partial charge in [-0.2, -0.15) is 5.10 Å². The average Bonchev–Trinajstić information content (AvgIpc) is 3.62. The predicted molar refractivity (Wildman–Crippen MR) is 134 cm³/mol. The zero-order valence-corrected chi connectivity index (χ0v) is 20.3. The fraction of sp³-hybridized carbons (Fsp3) is 0.286. The number of benzene rings is 2. The number of hydrazone groups is 1. The number of nitrogens with zero attached hydrogens (tertiary/aromatic N) is 3. The van der Waals surface area contributed by atoms with Crippen LogP contribution in [0.2, 0.25) is 0 Å². The normalized spacial score (nSPS) is 21.6. The largest absolute Gasteiger partial charge is 0.467 e. The van der Waals surface area contributed by atoms with Crippen LogP contribution < -0.4 is 5.32 Å². The highest BCUT2D eigenvalue weighted by Gasteiger charge is 2.52. The molecule has 0 aliphatic carbocycles. The molecule has 3 heterocycles. The van der Waals surface area contributed by atoms with Gasteiger partial charge in [0.15, 0.2) is 0 Å². The molecule has 1 aromatic heterocycles. The summed E-state index contributed by atoms with van der Waals surface area (Å²) in [5, 5.41) is 8.83. The van der Waals surface area contributed by atoms with Gasteiger partial charge in [-0.15, -0.1) is 0 Å². The van der Waals surface area contributed by atoms with Crippen molar-refractivity contribution in [3.05, 3.63) is 95.4 Å². The number of hydrogen-bond acceptors (Lipinski definition) is 5. The first-order valence-electron chi connectivity index (χ1n) is 12.1. The van der Waals surface area contributed by atoms with E-state index in [0.29, 0.717) is 30.6 Å². The Morgan fingerprint density at radius 3 is 2.50 bits per heavy atom. The lowest BCUT2D eigenvalue weighted by atomic mass is 9.85. The molecule has 0 saturated carbocycles. The maximum atomic E-state index is 13.6. The van der Waals surface area contributed by atoms with Crippen LogP contribution in [0.15, 0.2) is 82.5 Å². The van der Waals surface area contributed by atoms with E-state index in [-0.39, 0.29) is 0 Å². The van der Waals surface area contributed by atoms with E-state index in [1.807, 2.05) is 68.4 Å². The summed E-state index contributed by atoms with van der Waals surface area (Å²) in [4.78, 5) is 41.2. The number of carbonyl (C=O) groups is 3. The molecule has 1 saturated heterocycles. The van der Waals surface area contributed by atoms with Crippen LogP contribution in [0.25, 0.3) is 0 Å². The van der Waals surface area contributed by atoms with E-state index in [0.717, 1.165) is 21.7 Å². The standard InChI is InChI=1S/C28H28N4O4/c1-3-15-28(21-8-5-4-6-9-21)26(34)31(27(35)29-28)18-25(33)32-23(24-10-7-16-36-24)17-22(30-32)20-13-11-19(2)12-14-20/h4-14,16,23H,3,15,17-18H2,1-2H3,(H,29,35)/t23-,28+/m1/s1. The molecule has 3 aromatic rings. The van der Waals surface area contributed by atoms with Crippen LogP contribution in [-0.4, -0.2) is 40.0 Å². The lowest BCUT2D eigenvalue weighted by molar-refractivity contribution is -0.140. The third-order valence-electron chi connectivity index (χ3n) is 6.78. The van der Waals surface area contributed by atoms with Crippen LogP contribution in [0.5, 0.6) is 0 Å². The highest BCUT2D eigenvalue weighted by molar-refractivity contribution is 6.10. The van der Waals surface area contributed by atoms with Gasteiger partial charge in [0.25, 0.3) is 11.8 Å². The Morgan fingerprint density at radius 2 is 1.83 bits per heavy atom. The first-order valence-corrected chi connectivity index (χ1v) is 12.1. The van der Waals surface area contributed by atoms with Gasteiger partial charge in [0.2, 0.25) is 0 Å². The summed E-state index contributed by atoms with van der Waals surface area (Å²) in [6.07, 6.45) is 3.13. The molecule has 4 amide bonds. The topological polar surface area (TPSA) is 95.2 Å². The van der Waals surface area contributed by atoms with Crippen molar-refractivity contribution in [3.8, 4) is 0 Å². The van der Waals surface area contributed by atoms with Gasteiger partial charge in [0, 0.05) is 6.42 Å². The molecule has 5 rings (SSSR count). The molecule has 2 atom stereocenters. The second-order valence-corrected chi connectivity index (χ2v) is 9.23. The monoisotopic (exact) mass is 484 g/mol. The van der Waals surface area contributed by atoms with E-state index in [1.54, 1.807) is 18.4 Å². The Bertz CT molecular complexity index is 1300. The van der Waals surface area contributed by atoms with E-state index in [2.05, 4.69) is 10.4 Å². The first-order chi connectivity index (χ1) is 17.4. The SMILES string of the molecule is CCC[C@@]1(c2ccccc2)NC(=O)N(CC(=O)N2N=C(c3ccc(C)cc3)C[C@@H]2c2ccco2)C1=O. The van der Waals surface area contributed by atoms with Gasteiger partial charge in [-0.05, 0) is 36.6 Å². The summed E-state index contributed by atoms with van der Waals surface area (Å²) < 4.78 is 5.61. The molecule has 2 aliphatic heterocycles. The van der Waals surface area contributed by atoms with Crippen molar-refractivity contribution in [2.24, 2.45) is 5.10 Å². The third kappa shape index (κ3) is 4.08. The van der Waals surface area contributed by atoms with Crippen LogP contribution in [0.4, 0.5) is 4.79 Å². The lowest BCUT2D eigenvalue weighted by Gasteiger charge is -2.27. The molecule has 184 valence electrons. The minimum Gasteiger partial charge on any atom is -0.467 e. The van der Waals surface area contributed by atoms with E-state index in [1.165, 1.54) is 5.01 Å². The number of furan rings is 1. The van der Waals surface area contributed by atoms with Gasteiger partial charge in [-0.3, -0.25) is 14.5 Å². The maximum absolute atomic E-state index is 13.6. The van der Waals surface area contributed by atoms with Crippen LogP contribution in [0.3, 0.4) is 0 Å². The molecule has 8 nitrogen and oxygen atoms in total. The summed E-state index contributed by atoms with van der Waals surface area (Å²) >= 11 is 0. The number of carbonyl (C=O) groups excluding carboxylic acids is 3. The lowest BCUT2D eigenvalue weighted by Crippen LogP contribution is -2.45. The summed E-state index contributed by atoms with van der Waals surface area (Å²) in [6.45, 7) is 3.55. The molecule has 36 heavy (non-hydrogen) atoms. The number of nitrogens with one attached hydrogen (secondary N) is 1. The van der Waals surface area contributed by atoms with Gasteiger partial charge in [0.05, 0.1) is 12.0 Å². The molecule has 0 unspecified atom stereocenters. The Morgan fingerprint density at radius 1 is 1.08 bits per heavy atom. The van der Waals surface area contributed by atoms with Crippen LogP contribution in [0.1, 0.15) is 54.7 Å². The van der Waals surface area contributed by atoms with Crippen LogP contribution >= 0.6 is 0 Å². The second kappa shape index (κ2) is 9.45. The van der Waals surface area contributed by atoms with Crippen LogP contribution in [-0.2, 0) is 15.1 Å². The van der Waals surface area contributed by atoms with Gasteiger partial charge in [0.1, 0.15) is 23.9 Å². The van der Waals surface area contributed by atoms with E-state index < -0.39 is 36.0 Å². The van der Waals surface area contributed by atoms with Crippen molar-refractivity contribution < 1.29 is 18.8 Å². The van der Waals surface area contributed by atoms with Crippen molar-refractivity contribution >= 4 is 23.6 Å². The predicted octanol–water partition coefficient (Wildman–Crippen LogP) is 4.51. The number of hydrogen-bond donors (Lipinski definition) is 1. The Balaban J connectivity index is 1.43. The number of aryl methyl sites for hydroxylation is 1. The highest BCUT2D eigenvalue weighted by atomic mass is 16.3. The van der Waals surface area contributed by atoms with Gasteiger partial charge < -0.3 is 9.73 Å². The minimum absolute atomic E-state index is 0.412. The van der Waals surface area contributed by atoms with Gasteiger partial charge in [-0.25, -0.2) is 9.80 Å². The smallest absolute Gasteiger partial charge is 0.325 e. The van der Waals surface area contributed by atoms with Crippen molar-refractivity contribution in [2.75, 3.05) is 6.54 Å². The van der Waals surface area contributed by atoms with E-state index in [4.69, 9.17) is 4.42 Å². The molecular weight excluding hydrogens is 456 g/mol. The summed E-state index contributed by atoms with van der Waals surface area (Å²) in [5.41, 5.74) is 2.30. The van der Waals surface area contributed by atoms with Crippen molar-refractivity contribution in [3.63, 3.8) is 0 Å². The molecule has 0 bridgehead atoms. The Hall–Kier alpha value is -4.20. The van der Waals surface area contributed by atoms with Gasteiger partial charge in [-0.1, -0.05) is 73.5 Å². The number of rotatable bonds is 7.